The van der Waals surface area contributed by atoms with E-state index in [9.17, 15) is 4.79 Å². The molecular weight excluding hydrogens is 328 g/mol. The van der Waals surface area contributed by atoms with E-state index in [1.807, 2.05) is 59.2 Å². The van der Waals surface area contributed by atoms with Gasteiger partial charge in [-0.2, -0.15) is 0 Å². The van der Waals surface area contributed by atoms with Crippen LogP contribution in [0.3, 0.4) is 0 Å². The molecule has 4 aromatic rings. The SMILES string of the molecule is CN(Cc1ccccc1)C(=O)c1cc(Cn2cnc3ccccc32)on1. The second-order valence-corrected chi connectivity index (χ2v) is 6.19. The summed E-state index contributed by atoms with van der Waals surface area (Å²) in [6.45, 7) is 0.997. The molecule has 0 aliphatic rings. The van der Waals surface area contributed by atoms with Crippen molar-refractivity contribution in [1.82, 2.24) is 19.6 Å². The van der Waals surface area contributed by atoms with Gasteiger partial charge >= 0.3 is 0 Å². The molecule has 0 aliphatic heterocycles. The molecule has 0 fully saturated rings. The summed E-state index contributed by atoms with van der Waals surface area (Å²) >= 11 is 0. The van der Waals surface area contributed by atoms with E-state index in [4.69, 9.17) is 4.52 Å². The number of aromatic nitrogens is 3. The summed E-state index contributed by atoms with van der Waals surface area (Å²) < 4.78 is 7.33. The van der Waals surface area contributed by atoms with Crippen molar-refractivity contribution in [3.05, 3.63) is 84.0 Å². The minimum Gasteiger partial charge on any atom is -0.359 e. The Morgan fingerprint density at radius 2 is 1.88 bits per heavy atom. The van der Waals surface area contributed by atoms with Crippen molar-refractivity contribution in [2.24, 2.45) is 0 Å². The highest BCUT2D eigenvalue weighted by Crippen LogP contribution is 2.15. The number of hydrogen-bond acceptors (Lipinski definition) is 4. The maximum Gasteiger partial charge on any atom is 0.276 e. The molecule has 2 heterocycles. The Kier molecular flexibility index (Phi) is 4.23. The third-order valence-electron chi connectivity index (χ3n) is 4.24. The van der Waals surface area contributed by atoms with E-state index < -0.39 is 0 Å². The Morgan fingerprint density at radius 1 is 1.12 bits per heavy atom. The third kappa shape index (κ3) is 3.21. The van der Waals surface area contributed by atoms with Crippen LogP contribution in [0.25, 0.3) is 11.0 Å². The molecule has 0 aliphatic carbocycles. The third-order valence-corrected chi connectivity index (χ3v) is 4.24. The summed E-state index contributed by atoms with van der Waals surface area (Å²) in [6.07, 6.45) is 1.76. The van der Waals surface area contributed by atoms with Crippen LogP contribution in [0, 0.1) is 0 Å². The minimum absolute atomic E-state index is 0.167. The van der Waals surface area contributed by atoms with Crippen LogP contribution in [0.5, 0.6) is 0 Å². The van der Waals surface area contributed by atoms with Crippen LogP contribution in [0.2, 0.25) is 0 Å². The van der Waals surface area contributed by atoms with Gasteiger partial charge in [0.1, 0.15) is 0 Å². The molecule has 4 rings (SSSR count). The lowest BCUT2D eigenvalue weighted by Gasteiger charge is -2.15. The zero-order valence-electron chi connectivity index (χ0n) is 14.4. The van der Waals surface area contributed by atoms with Gasteiger partial charge in [0, 0.05) is 19.7 Å². The summed E-state index contributed by atoms with van der Waals surface area (Å²) in [5, 5.41) is 3.94. The Bertz CT molecular complexity index is 1040. The summed E-state index contributed by atoms with van der Waals surface area (Å²) in [5.74, 6) is 0.448. The smallest absolute Gasteiger partial charge is 0.276 e. The molecule has 0 saturated carbocycles. The van der Waals surface area contributed by atoms with E-state index in [1.165, 1.54) is 0 Å². The van der Waals surface area contributed by atoms with Crippen LogP contribution in [0.1, 0.15) is 21.8 Å². The predicted molar refractivity (Wildman–Crippen MR) is 97.6 cm³/mol. The summed E-state index contributed by atoms with van der Waals surface area (Å²) in [5.41, 5.74) is 3.31. The average Bonchev–Trinajstić information content (AvgIpc) is 3.30. The highest BCUT2D eigenvalue weighted by atomic mass is 16.5. The minimum atomic E-state index is -0.167. The van der Waals surface area contributed by atoms with Gasteiger partial charge in [0.25, 0.3) is 5.91 Å². The van der Waals surface area contributed by atoms with Crippen molar-refractivity contribution in [2.45, 2.75) is 13.1 Å². The number of hydrogen-bond donors (Lipinski definition) is 0. The van der Waals surface area contributed by atoms with Gasteiger partial charge in [0.2, 0.25) is 0 Å². The molecule has 0 saturated heterocycles. The lowest BCUT2D eigenvalue weighted by molar-refractivity contribution is 0.0774. The van der Waals surface area contributed by atoms with E-state index >= 15 is 0 Å². The average molecular weight is 346 g/mol. The summed E-state index contributed by atoms with van der Waals surface area (Å²) in [6, 6.07) is 19.4. The lowest BCUT2D eigenvalue weighted by atomic mass is 10.2. The van der Waals surface area contributed by atoms with E-state index in [1.54, 1.807) is 24.3 Å². The first-order chi connectivity index (χ1) is 12.7. The van der Waals surface area contributed by atoms with E-state index in [-0.39, 0.29) is 5.91 Å². The number of benzene rings is 2. The predicted octanol–water partition coefficient (Wildman–Crippen LogP) is 3.34. The van der Waals surface area contributed by atoms with Crippen LogP contribution in [-0.2, 0) is 13.1 Å². The molecule has 1 amide bonds. The molecule has 0 bridgehead atoms. The highest BCUT2D eigenvalue weighted by Gasteiger charge is 2.17. The van der Waals surface area contributed by atoms with Gasteiger partial charge in [-0.3, -0.25) is 4.79 Å². The quantitative estimate of drug-likeness (QED) is 0.556. The van der Waals surface area contributed by atoms with Crippen LogP contribution < -0.4 is 0 Å². The van der Waals surface area contributed by atoms with Crippen molar-refractivity contribution < 1.29 is 9.32 Å². The number of para-hydroxylation sites is 2. The van der Waals surface area contributed by atoms with Gasteiger partial charge in [-0.25, -0.2) is 4.98 Å². The molecule has 6 heteroatoms. The highest BCUT2D eigenvalue weighted by molar-refractivity contribution is 5.92. The standard InChI is InChI=1S/C20H18N4O2/c1-23(12-15-7-3-2-4-8-15)20(25)18-11-16(26-22-18)13-24-14-21-17-9-5-6-10-19(17)24/h2-11,14H,12-13H2,1H3. The number of carbonyl (C=O) groups is 1. The number of amides is 1. The normalized spacial score (nSPS) is 11.0. The summed E-state index contributed by atoms with van der Waals surface area (Å²) in [7, 11) is 1.76. The topological polar surface area (TPSA) is 64.2 Å². The van der Waals surface area contributed by atoms with Crippen LogP contribution in [-0.4, -0.2) is 32.6 Å². The van der Waals surface area contributed by atoms with E-state index in [0.717, 1.165) is 16.6 Å². The second-order valence-electron chi connectivity index (χ2n) is 6.19. The van der Waals surface area contributed by atoms with Crippen molar-refractivity contribution in [2.75, 3.05) is 7.05 Å². The molecule has 0 atom stereocenters. The molecule has 0 spiro atoms. The number of fused-ring (bicyclic) bond motifs is 1. The van der Waals surface area contributed by atoms with Crippen molar-refractivity contribution in [3.63, 3.8) is 0 Å². The second kappa shape index (κ2) is 6.84. The monoisotopic (exact) mass is 346 g/mol. The number of carbonyl (C=O) groups excluding carboxylic acids is 1. The van der Waals surface area contributed by atoms with Gasteiger partial charge in [0.15, 0.2) is 11.5 Å². The number of imidazole rings is 1. The van der Waals surface area contributed by atoms with Gasteiger partial charge in [-0.05, 0) is 17.7 Å². The maximum absolute atomic E-state index is 12.6. The fraction of sp³-hybridized carbons (Fsp3) is 0.150. The first-order valence-corrected chi connectivity index (χ1v) is 8.35. The Hall–Kier alpha value is -3.41. The maximum atomic E-state index is 12.6. The zero-order chi connectivity index (χ0) is 17.9. The van der Waals surface area contributed by atoms with E-state index in [2.05, 4.69) is 10.1 Å². The fourth-order valence-corrected chi connectivity index (χ4v) is 2.92. The van der Waals surface area contributed by atoms with Gasteiger partial charge in [-0.1, -0.05) is 47.6 Å². The first kappa shape index (κ1) is 16.1. The molecule has 26 heavy (non-hydrogen) atoms. The number of nitrogens with zero attached hydrogens (tertiary/aromatic N) is 4. The van der Waals surface area contributed by atoms with E-state index in [0.29, 0.717) is 24.5 Å². The molecule has 0 unspecified atom stereocenters. The van der Waals surface area contributed by atoms with Gasteiger partial charge in [-0.15, -0.1) is 0 Å². The molecular formula is C20H18N4O2. The molecule has 6 nitrogen and oxygen atoms in total. The molecule has 0 radical (unpaired) electrons. The van der Waals surface area contributed by atoms with Gasteiger partial charge in [0.05, 0.1) is 23.9 Å². The first-order valence-electron chi connectivity index (χ1n) is 8.35. The van der Waals surface area contributed by atoms with Crippen LogP contribution in [0.4, 0.5) is 0 Å². The Morgan fingerprint density at radius 3 is 2.73 bits per heavy atom. The van der Waals surface area contributed by atoms with Gasteiger partial charge < -0.3 is 14.0 Å². The van der Waals surface area contributed by atoms with Crippen molar-refractivity contribution in [1.29, 1.82) is 0 Å². The Balaban J connectivity index is 1.48. The molecule has 0 N–H and O–H groups in total. The molecule has 2 aromatic carbocycles. The number of rotatable bonds is 5. The fourth-order valence-electron chi connectivity index (χ4n) is 2.92. The molecule has 130 valence electrons. The molecule has 2 aromatic heterocycles. The zero-order valence-corrected chi connectivity index (χ0v) is 14.4. The van der Waals surface area contributed by atoms with Crippen molar-refractivity contribution in [3.8, 4) is 0 Å². The van der Waals surface area contributed by atoms with Crippen LogP contribution in [0.15, 0.2) is 71.5 Å². The largest absolute Gasteiger partial charge is 0.359 e. The summed E-state index contributed by atoms with van der Waals surface area (Å²) in [4.78, 5) is 18.5. The van der Waals surface area contributed by atoms with Crippen LogP contribution >= 0.6 is 0 Å². The Labute approximate surface area is 150 Å². The van der Waals surface area contributed by atoms with Crippen molar-refractivity contribution >= 4 is 16.9 Å². The lowest BCUT2D eigenvalue weighted by Crippen LogP contribution is -2.26.